The summed E-state index contributed by atoms with van der Waals surface area (Å²) in [6.07, 6.45) is 0. The van der Waals surface area contributed by atoms with Crippen LogP contribution in [0.15, 0.2) is 42.5 Å². The Bertz CT molecular complexity index is 1150. The van der Waals surface area contributed by atoms with Gasteiger partial charge in [-0.2, -0.15) is 0 Å². The van der Waals surface area contributed by atoms with E-state index >= 15 is 0 Å². The third-order valence-electron chi connectivity index (χ3n) is 5.73. The van der Waals surface area contributed by atoms with Crippen LogP contribution in [0.5, 0.6) is 0 Å². The standard InChI is InChI=1S/C22H20Cl2N2O4/c1-12(21(28)29)13-3-5-14(6-4-13)22(10-30-11-22)25-20(27)18-9-15-17(26(18)2)8-7-16(23)19(15)24/h3-9,12H,10-11H2,1-2H3,(H,25,27)(H,28,29). The molecule has 0 spiro atoms. The second-order valence-corrected chi connectivity index (χ2v) is 8.38. The monoisotopic (exact) mass is 446 g/mol. The number of ether oxygens (including phenoxy) is 1. The zero-order valence-corrected chi connectivity index (χ0v) is 17.9. The van der Waals surface area contributed by atoms with Crippen molar-refractivity contribution in [2.24, 2.45) is 7.05 Å². The van der Waals surface area contributed by atoms with Crippen LogP contribution in [0.3, 0.4) is 0 Å². The summed E-state index contributed by atoms with van der Waals surface area (Å²) in [5, 5.41) is 13.8. The topological polar surface area (TPSA) is 80.6 Å². The third kappa shape index (κ3) is 3.35. The van der Waals surface area contributed by atoms with Crippen molar-refractivity contribution in [3.8, 4) is 0 Å². The molecule has 0 bridgehead atoms. The third-order valence-corrected chi connectivity index (χ3v) is 6.55. The van der Waals surface area contributed by atoms with Crippen LogP contribution in [0.4, 0.5) is 0 Å². The van der Waals surface area contributed by atoms with Crippen molar-refractivity contribution >= 4 is 46.0 Å². The van der Waals surface area contributed by atoms with Gasteiger partial charge in [0.2, 0.25) is 0 Å². The molecule has 4 rings (SSSR count). The number of carboxylic acids is 1. The van der Waals surface area contributed by atoms with E-state index in [1.54, 1.807) is 42.8 Å². The van der Waals surface area contributed by atoms with Gasteiger partial charge in [-0.1, -0.05) is 47.5 Å². The summed E-state index contributed by atoms with van der Waals surface area (Å²) in [6.45, 7) is 2.31. The number of amides is 1. The lowest BCUT2D eigenvalue weighted by atomic mass is 9.86. The van der Waals surface area contributed by atoms with E-state index in [-0.39, 0.29) is 5.91 Å². The van der Waals surface area contributed by atoms with Gasteiger partial charge in [-0.15, -0.1) is 0 Å². The van der Waals surface area contributed by atoms with Gasteiger partial charge >= 0.3 is 5.97 Å². The van der Waals surface area contributed by atoms with Gasteiger partial charge in [-0.3, -0.25) is 9.59 Å². The molecule has 1 saturated heterocycles. The minimum absolute atomic E-state index is 0.257. The number of hydrogen-bond acceptors (Lipinski definition) is 3. The lowest BCUT2D eigenvalue weighted by Gasteiger charge is -2.42. The van der Waals surface area contributed by atoms with Crippen LogP contribution in [-0.4, -0.2) is 34.8 Å². The van der Waals surface area contributed by atoms with Crippen LogP contribution in [0.1, 0.15) is 34.5 Å². The fraction of sp³-hybridized carbons (Fsp3) is 0.273. The van der Waals surface area contributed by atoms with E-state index in [1.165, 1.54) is 0 Å². The van der Waals surface area contributed by atoms with Crippen LogP contribution in [0.2, 0.25) is 10.0 Å². The molecule has 1 unspecified atom stereocenters. The number of nitrogens with one attached hydrogen (secondary N) is 1. The number of fused-ring (bicyclic) bond motifs is 1. The molecule has 3 aromatic rings. The Kier molecular flexibility index (Phi) is 5.26. The van der Waals surface area contributed by atoms with E-state index in [1.807, 2.05) is 18.2 Å². The first-order chi connectivity index (χ1) is 14.2. The smallest absolute Gasteiger partial charge is 0.310 e. The van der Waals surface area contributed by atoms with Crippen molar-refractivity contribution in [1.82, 2.24) is 9.88 Å². The molecule has 1 atom stereocenters. The molecule has 1 aliphatic rings. The minimum atomic E-state index is -0.882. The average Bonchev–Trinajstić information content (AvgIpc) is 3.04. The van der Waals surface area contributed by atoms with Crippen molar-refractivity contribution in [2.45, 2.75) is 18.4 Å². The Morgan fingerprint density at radius 1 is 1.17 bits per heavy atom. The molecule has 0 aliphatic carbocycles. The number of halogens is 2. The number of carboxylic acid groups (broad SMARTS) is 1. The first-order valence-electron chi connectivity index (χ1n) is 9.40. The van der Waals surface area contributed by atoms with E-state index < -0.39 is 17.4 Å². The maximum Gasteiger partial charge on any atom is 0.310 e. The first kappa shape index (κ1) is 20.7. The maximum absolute atomic E-state index is 13.1. The lowest BCUT2D eigenvalue weighted by Crippen LogP contribution is -2.59. The molecule has 1 fully saturated rings. The number of hydrogen-bond donors (Lipinski definition) is 2. The summed E-state index contributed by atoms with van der Waals surface area (Å²) < 4.78 is 7.19. The van der Waals surface area contributed by atoms with Gasteiger partial charge in [0, 0.05) is 18.0 Å². The highest BCUT2D eigenvalue weighted by atomic mass is 35.5. The molecular formula is C22H20Cl2N2O4. The second-order valence-electron chi connectivity index (χ2n) is 7.59. The Balaban J connectivity index is 1.63. The summed E-state index contributed by atoms with van der Waals surface area (Å²) in [7, 11) is 1.80. The number of rotatable bonds is 5. The largest absolute Gasteiger partial charge is 0.481 e. The lowest BCUT2D eigenvalue weighted by molar-refractivity contribution is -0.138. The number of carbonyl (C=O) groups excluding carboxylic acids is 1. The van der Waals surface area contributed by atoms with E-state index in [0.29, 0.717) is 39.9 Å². The van der Waals surface area contributed by atoms with Crippen molar-refractivity contribution in [1.29, 1.82) is 0 Å². The minimum Gasteiger partial charge on any atom is -0.481 e. The van der Waals surface area contributed by atoms with Gasteiger partial charge in [0.25, 0.3) is 5.91 Å². The second kappa shape index (κ2) is 7.61. The SMILES string of the molecule is CC(C(=O)O)c1ccc(C2(NC(=O)c3cc4c(Cl)c(Cl)ccc4n3C)COC2)cc1. The fourth-order valence-corrected chi connectivity index (χ4v) is 4.08. The number of aliphatic carboxylic acids is 1. The quantitative estimate of drug-likeness (QED) is 0.610. The van der Waals surface area contributed by atoms with Crippen molar-refractivity contribution in [3.05, 3.63) is 69.3 Å². The number of aryl methyl sites for hydroxylation is 1. The van der Waals surface area contributed by atoms with E-state index in [9.17, 15) is 14.7 Å². The van der Waals surface area contributed by atoms with Crippen LogP contribution < -0.4 is 5.32 Å². The average molecular weight is 447 g/mol. The Morgan fingerprint density at radius 2 is 1.83 bits per heavy atom. The molecule has 2 N–H and O–H groups in total. The van der Waals surface area contributed by atoms with Crippen LogP contribution in [0, 0.1) is 0 Å². The van der Waals surface area contributed by atoms with Crippen LogP contribution in [-0.2, 0) is 22.1 Å². The molecule has 156 valence electrons. The van der Waals surface area contributed by atoms with Crippen molar-refractivity contribution in [3.63, 3.8) is 0 Å². The molecule has 1 aromatic heterocycles. The van der Waals surface area contributed by atoms with Gasteiger partial charge in [-0.05, 0) is 36.2 Å². The molecule has 30 heavy (non-hydrogen) atoms. The highest BCUT2D eigenvalue weighted by molar-refractivity contribution is 6.45. The number of aromatic nitrogens is 1. The van der Waals surface area contributed by atoms with Crippen molar-refractivity contribution < 1.29 is 19.4 Å². The summed E-state index contributed by atoms with van der Waals surface area (Å²) in [4.78, 5) is 24.3. The molecular weight excluding hydrogens is 427 g/mol. The molecule has 8 heteroatoms. The predicted molar refractivity (Wildman–Crippen MR) is 115 cm³/mol. The zero-order chi connectivity index (χ0) is 21.6. The fourth-order valence-electron chi connectivity index (χ4n) is 3.70. The van der Waals surface area contributed by atoms with Gasteiger partial charge in [0.1, 0.15) is 11.2 Å². The van der Waals surface area contributed by atoms with Gasteiger partial charge < -0.3 is 19.7 Å². The number of carbonyl (C=O) groups is 2. The summed E-state index contributed by atoms with van der Waals surface area (Å²) in [5.74, 6) is -1.74. The summed E-state index contributed by atoms with van der Waals surface area (Å²) in [5.41, 5.74) is 2.16. The van der Waals surface area contributed by atoms with E-state index in [2.05, 4.69) is 5.32 Å². The summed E-state index contributed by atoms with van der Waals surface area (Å²) >= 11 is 12.4. The Labute approximate surface area is 183 Å². The van der Waals surface area contributed by atoms with Gasteiger partial charge in [-0.25, -0.2) is 0 Å². The number of nitrogens with zero attached hydrogens (tertiary/aromatic N) is 1. The van der Waals surface area contributed by atoms with Crippen LogP contribution in [0.25, 0.3) is 10.9 Å². The van der Waals surface area contributed by atoms with Gasteiger partial charge in [0.15, 0.2) is 0 Å². The summed E-state index contributed by atoms with van der Waals surface area (Å²) in [6, 6.07) is 12.5. The van der Waals surface area contributed by atoms with Crippen molar-refractivity contribution in [2.75, 3.05) is 13.2 Å². The molecule has 1 amide bonds. The molecule has 2 aromatic carbocycles. The Hall–Kier alpha value is -2.54. The molecule has 0 radical (unpaired) electrons. The highest BCUT2D eigenvalue weighted by Crippen LogP contribution is 2.34. The van der Waals surface area contributed by atoms with E-state index in [0.717, 1.165) is 11.1 Å². The van der Waals surface area contributed by atoms with Crippen LogP contribution >= 0.6 is 23.2 Å². The normalized spacial score (nSPS) is 16.1. The molecule has 2 heterocycles. The zero-order valence-electron chi connectivity index (χ0n) is 16.4. The first-order valence-corrected chi connectivity index (χ1v) is 10.2. The van der Waals surface area contributed by atoms with Gasteiger partial charge in [0.05, 0.1) is 29.2 Å². The predicted octanol–water partition coefficient (Wildman–Crippen LogP) is 4.33. The molecule has 0 saturated carbocycles. The number of benzene rings is 2. The highest BCUT2D eigenvalue weighted by Gasteiger charge is 2.42. The van der Waals surface area contributed by atoms with E-state index in [4.69, 9.17) is 27.9 Å². The molecule has 6 nitrogen and oxygen atoms in total. The Morgan fingerprint density at radius 3 is 2.40 bits per heavy atom. The molecule has 1 aliphatic heterocycles. The maximum atomic E-state index is 13.1.